The van der Waals surface area contributed by atoms with Gasteiger partial charge in [0.2, 0.25) is 0 Å². The summed E-state index contributed by atoms with van der Waals surface area (Å²) in [6.07, 6.45) is 2.67. The fourth-order valence-corrected chi connectivity index (χ4v) is 4.10. The molecule has 0 bridgehead atoms. The van der Waals surface area contributed by atoms with Crippen LogP contribution in [-0.4, -0.2) is 22.0 Å². The molecular formula is C9H17OS+. The van der Waals surface area contributed by atoms with Crippen molar-refractivity contribution in [2.75, 3.05) is 11.5 Å². The molecule has 0 amide bonds. The molecule has 0 N–H and O–H groups in total. The number of hydrogen-bond acceptors (Lipinski definition) is 1. The number of hydrogen-bond donors (Lipinski definition) is 0. The van der Waals surface area contributed by atoms with Crippen LogP contribution in [-0.2, 0) is 15.7 Å². The largest absolute Gasteiger partial charge is 0.294 e. The van der Waals surface area contributed by atoms with E-state index >= 15 is 0 Å². The van der Waals surface area contributed by atoms with Crippen LogP contribution >= 0.6 is 0 Å². The molecule has 0 aliphatic carbocycles. The van der Waals surface area contributed by atoms with Crippen molar-refractivity contribution < 1.29 is 4.79 Å². The predicted octanol–water partition coefficient (Wildman–Crippen LogP) is 1.77. The molecule has 0 aromatic heterocycles. The monoisotopic (exact) mass is 173 g/mol. The van der Waals surface area contributed by atoms with Crippen LogP contribution in [0.2, 0.25) is 0 Å². The second-order valence-corrected chi connectivity index (χ2v) is 6.50. The zero-order valence-electron chi connectivity index (χ0n) is 7.64. The molecule has 1 rings (SSSR count). The summed E-state index contributed by atoms with van der Waals surface area (Å²) in [6.45, 7) is 5.93. The lowest BCUT2D eigenvalue weighted by Crippen LogP contribution is -2.40. The van der Waals surface area contributed by atoms with Crippen molar-refractivity contribution in [3.8, 4) is 0 Å². The standard InChI is InChI=1S/C9H17OS/c1-8(10)9(2,3)11-6-4-5-7-11/h4-7H2,1-3H3/q+1. The van der Waals surface area contributed by atoms with Gasteiger partial charge in [0, 0.05) is 10.9 Å². The predicted molar refractivity (Wildman–Crippen MR) is 51.1 cm³/mol. The van der Waals surface area contributed by atoms with Gasteiger partial charge < -0.3 is 0 Å². The molecule has 0 radical (unpaired) electrons. The summed E-state index contributed by atoms with van der Waals surface area (Å²) in [5, 5.41) is 0. The number of carbonyl (C=O) groups is 1. The van der Waals surface area contributed by atoms with Gasteiger partial charge in [0.15, 0.2) is 10.5 Å². The number of Topliss-reactive ketones (excluding diaryl/α,β-unsaturated/α-hetero) is 1. The molecule has 64 valence electrons. The maximum Gasteiger partial charge on any atom is 0.184 e. The van der Waals surface area contributed by atoms with E-state index in [1.165, 1.54) is 24.3 Å². The smallest absolute Gasteiger partial charge is 0.184 e. The molecule has 0 aromatic carbocycles. The maximum absolute atomic E-state index is 11.3. The lowest BCUT2D eigenvalue weighted by molar-refractivity contribution is -0.118. The molecule has 11 heavy (non-hydrogen) atoms. The van der Waals surface area contributed by atoms with Crippen LogP contribution in [0.15, 0.2) is 0 Å². The van der Waals surface area contributed by atoms with Crippen molar-refractivity contribution in [1.82, 2.24) is 0 Å². The Kier molecular flexibility index (Phi) is 2.63. The van der Waals surface area contributed by atoms with Crippen LogP contribution < -0.4 is 0 Å². The van der Waals surface area contributed by atoms with E-state index < -0.39 is 0 Å². The summed E-state index contributed by atoms with van der Waals surface area (Å²) in [6, 6.07) is 0. The van der Waals surface area contributed by atoms with Gasteiger partial charge in [-0.15, -0.1) is 0 Å². The summed E-state index contributed by atoms with van der Waals surface area (Å²) in [7, 11) is 0.383. The van der Waals surface area contributed by atoms with Gasteiger partial charge in [-0.3, -0.25) is 4.79 Å². The number of carbonyl (C=O) groups excluding carboxylic acids is 1. The molecule has 1 heterocycles. The average molecular weight is 173 g/mol. The molecule has 0 saturated carbocycles. The second-order valence-electron chi connectivity index (χ2n) is 3.67. The summed E-state index contributed by atoms with van der Waals surface area (Å²) in [5.74, 6) is 2.93. The average Bonchev–Trinajstić information content (AvgIpc) is 2.37. The Morgan fingerprint density at radius 3 is 2.09 bits per heavy atom. The van der Waals surface area contributed by atoms with Crippen molar-refractivity contribution in [2.24, 2.45) is 0 Å². The molecule has 1 fully saturated rings. The highest BCUT2D eigenvalue weighted by Gasteiger charge is 2.44. The molecule has 1 nitrogen and oxygen atoms in total. The molecule has 0 atom stereocenters. The van der Waals surface area contributed by atoms with Gasteiger partial charge in [0.1, 0.15) is 11.5 Å². The maximum atomic E-state index is 11.3. The summed E-state index contributed by atoms with van der Waals surface area (Å²) < 4.78 is -0.0312. The number of rotatable bonds is 2. The van der Waals surface area contributed by atoms with Crippen molar-refractivity contribution in [3.05, 3.63) is 0 Å². The topological polar surface area (TPSA) is 17.1 Å². The highest BCUT2D eigenvalue weighted by molar-refractivity contribution is 7.99. The van der Waals surface area contributed by atoms with Gasteiger partial charge in [-0.25, -0.2) is 0 Å². The van der Waals surface area contributed by atoms with Crippen molar-refractivity contribution in [3.63, 3.8) is 0 Å². The zero-order valence-corrected chi connectivity index (χ0v) is 8.46. The van der Waals surface area contributed by atoms with E-state index in [1.807, 2.05) is 0 Å². The minimum absolute atomic E-state index is 0.0312. The highest BCUT2D eigenvalue weighted by Crippen LogP contribution is 2.27. The summed E-state index contributed by atoms with van der Waals surface area (Å²) in [5.41, 5.74) is 0. The van der Waals surface area contributed by atoms with Gasteiger partial charge in [0.25, 0.3) is 0 Å². The van der Waals surface area contributed by atoms with E-state index in [2.05, 4.69) is 13.8 Å². The van der Waals surface area contributed by atoms with Gasteiger partial charge >= 0.3 is 0 Å². The fraction of sp³-hybridized carbons (Fsp3) is 0.889. The Bertz CT molecular complexity index is 157. The SMILES string of the molecule is CC(=O)C(C)(C)[S+]1CCCC1. The molecule has 2 heteroatoms. The van der Waals surface area contributed by atoms with Crippen LogP contribution in [0.1, 0.15) is 33.6 Å². The molecule has 0 unspecified atom stereocenters. The van der Waals surface area contributed by atoms with E-state index in [4.69, 9.17) is 0 Å². The van der Waals surface area contributed by atoms with Crippen LogP contribution in [0.25, 0.3) is 0 Å². The van der Waals surface area contributed by atoms with Crippen molar-refractivity contribution in [2.45, 2.75) is 38.4 Å². The number of ketones is 1. The van der Waals surface area contributed by atoms with Gasteiger partial charge in [-0.1, -0.05) is 0 Å². The first-order chi connectivity index (χ1) is 5.05. The quantitative estimate of drug-likeness (QED) is 0.582. The first-order valence-electron chi connectivity index (χ1n) is 4.24. The Morgan fingerprint density at radius 2 is 1.73 bits per heavy atom. The minimum atomic E-state index is -0.0312. The first kappa shape index (κ1) is 9.11. The van der Waals surface area contributed by atoms with E-state index in [0.717, 1.165) is 0 Å². The molecule has 1 aliphatic rings. The van der Waals surface area contributed by atoms with E-state index in [0.29, 0.717) is 16.7 Å². The van der Waals surface area contributed by atoms with Gasteiger partial charge in [-0.05, 0) is 33.6 Å². The summed E-state index contributed by atoms with van der Waals surface area (Å²) >= 11 is 0. The van der Waals surface area contributed by atoms with Crippen LogP contribution in [0, 0.1) is 0 Å². The van der Waals surface area contributed by atoms with E-state index in [-0.39, 0.29) is 4.75 Å². The molecule has 1 aliphatic heterocycles. The molecular weight excluding hydrogens is 156 g/mol. The van der Waals surface area contributed by atoms with Crippen LogP contribution in [0.4, 0.5) is 0 Å². The zero-order chi connectivity index (χ0) is 8.48. The van der Waals surface area contributed by atoms with Crippen LogP contribution in [0.5, 0.6) is 0 Å². The Balaban J connectivity index is 2.62. The van der Waals surface area contributed by atoms with Crippen LogP contribution in [0.3, 0.4) is 0 Å². The molecule has 1 saturated heterocycles. The lowest BCUT2D eigenvalue weighted by atomic mass is 10.1. The first-order valence-corrected chi connectivity index (χ1v) is 5.80. The minimum Gasteiger partial charge on any atom is -0.294 e. The van der Waals surface area contributed by atoms with E-state index in [9.17, 15) is 4.79 Å². The Morgan fingerprint density at radius 1 is 1.27 bits per heavy atom. The third-order valence-electron chi connectivity index (χ3n) is 2.60. The summed E-state index contributed by atoms with van der Waals surface area (Å²) in [4.78, 5) is 11.3. The second kappa shape index (κ2) is 3.18. The molecule has 0 spiro atoms. The fourth-order valence-electron chi connectivity index (χ4n) is 1.37. The van der Waals surface area contributed by atoms with Crippen molar-refractivity contribution >= 4 is 16.7 Å². The molecule has 0 aromatic rings. The van der Waals surface area contributed by atoms with Crippen molar-refractivity contribution in [1.29, 1.82) is 0 Å². The van der Waals surface area contributed by atoms with E-state index in [1.54, 1.807) is 6.92 Å². The van der Waals surface area contributed by atoms with Gasteiger partial charge in [0.05, 0.1) is 0 Å². The third-order valence-corrected chi connectivity index (χ3v) is 5.89. The Labute approximate surface area is 71.9 Å². The normalized spacial score (nSPS) is 20.6. The third kappa shape index (κ3) is 1.78. The Hall–Kier alpha value is 0.0200. The highest BCUT2D eigenvalue weighted by atomic mass is 32.2. The van der Waals surface area contributed by atoms with Gasteiger partial charge in [-0.2, -0.15) is 0 Å². The lowest BCUT2D eigenvalue weighted by Gasteiger charge is -2.19.